The summed E-state index contributed by atoms with van der Waals surface area (Å²) in [5.41, 5.74) is 3.30. The maximum absolute atomic E-state index is 11.6. The van der Waals surface area contributed by atoms with Gasteiger partial charge in [-0.1, -0.05) is 48.5 Å². The number of nitrogens with zero attached hydrogens (tertiary/aromatic N) is 2. The monoisotopic (exact) mass is 362 g/mol. The van der Waals surface area contributed by atoms with E-state index in [2.05, 4.69) is 16.3 Å². The molecule has 0 atom stereocenters. The minimum Gasteiger partial charge on any atom is -0.489 e. The van der Waals surface area contributed by atoms with Crippen LogP contribution in [0.25, 0.3) is 0 Å². The number of aromatic nitrogens is 2. The highest BCUT2D eigenvalue weighted by molar-refractivity contribution is 5.86. The van der Waals surface area contributed by atoms with Crippen LogP contribution in [0.2, 0.25) is 0 Å². The third kappa shape index (κ3) is 5.38. The zero-order valence-corrected chi connectivity index (χ0v) is 15.3. The van der Waals surface area contributed by atoms with Crippen molar-refractivity contribution in [1.29, 1.82) is 0 Å². The van der Waals surface area contributed by atoms with Crippen LogP contribution in [0, 0.1) is 0 Å². The Morgan fingerprint density at radius 1 is 0.889 bits per heavy atom. The number of para-hydroxylation sites is 1. The SMILES string of the molecule is CCOC(=O)c1ccc(CCc2ccccc2OCc2ccccc2)nn1. The fourth-order valence-corrected chi connectivity index (χ4v) is 2.66. The highest BCUT2D eigenvalue weighted by Gasteiger charge is 2.10. The normalized spacial score (nSPS) is 10.4. The second-order valence-corrected chi connectivity index (χ2v) is 6.01. The van der Waals surface area contributed by atoms with Crippen LogP contribution in [-0.4, -0.2) is 22.8 Å². The average Bonchev–Trinajstić information content (AvgIpc) is 2.72. The van der Waals surface area contributed by atoms with Crippen LogP contribution in [0.3, 0.4) is 0 Å². The first-order valence-corrected chi connectivity index (χ1v) is 9.00. The van der Waals surface area contributed by atoms with Gasteiger partial charge in [0.05, 0.1) is 12.3 Å². The summed E-state index contributed by atoms with van der Waals surface area (Å²) in [6, 6.07) is 21.6. The first kappa shape index (κ1) is 18.6. The van der Waals surface area contributed by atoms with Crippen molar-refractivity contribution in [2.45, 2.75) is 26.4 Å². The van der Waals surface area contributed by atoms with Gasteiger partial charge in [-0.05, 0) is 49.1 Å². The van der Waals surface area contributed by atoms with Crippen LogP contribution in [-0.2, 0) is 24.2 Å². The van der Waals surface area contributed by atoms with E-state index in [1.54, 1.807) is 13.0 Å². The van der Waals surface area contributed by atoms with Gasteiger partial charge in [0.15, 0.2) is 5.69 Å². The zero-order valence-electron chi connectivity index (χ0n) is 15.3. The van der Waals surface area contributed by atoms with E-state index >= 15 is 0 Å². The third-order valence-electron chi connectivity index (χ3n) is 4.06. The van der Waals surface area contributed by atoms with Crippen LogP contribution in [0.15, 0.2) is 66.7 Å². The van der Waals surface area contributed by atoms with Crippen molar-refractivity contribution < 1.29 is 14.3 Å². The smallest absolute Gasteiger partial charge is 0.358 e. The number of carbonyl (C=O) groups excluding carboxylic acids is 1. The van der Waals surface area contributed by atoms with Crippen molar-refractivity contribution in [3.63, 3.8) is 0 Å². The predicted octanol–water partition coefficient (Wildman–Crippen LogP) is 4.02. The van der Waals surface area contributed by atoms with Gasteiger partial charge in [-0.15, -0.1) is 5.10 Å². The Bertz CT molecular complexity index is 864. The molecular formula is C22H22N2O3. The molecule has 5 heteroatoms. The molecule has 0 fully saturated rings. The Balaban J connectivity index is 1.60. The van der Waals surface area contributed by atoms with Crippen molar-refractivity contribution in [2.24, 2.45) is 0 Å². The summed E-state index contributed by atoms with van der Waals surface area (Å²) in [4.78, 5) is 11.6. The molecule has 2 aromatic carbocycles. The van der Waals surface area contributed by atoms with E-state index in [-0.39, 0.29) is 5.69 Å². The molecule has 0 radical (unpaired) electrons. The highest BCUT2D eigenvalue weighted by Crippen LogP contribution is 2.21. The van der Waals surface area contributed by atoms with Crippen LogP contribution in [0.5, 0.6) is 5.75 Å². The van der Waals surface area contributed by atoms with Crippen LogP contribution in [0.1, 0.15) is 34.2 Å². The molecule has 27 heavy (non-hydrogen) atoms. The third-order valence-corrected chi connectivity index (χ3v) is 4.06. The summed E-state index contributed by atoms with van der Waals surface area (Å²) in [7, 11) is 0. The van der Waals surface area contributed by atoms with E-state index in [4.69, 9.17) is 9.47 Å². The lowest BCUT2D eigenvalue weighted by Gasteiger charge is -2.11. The second-order valence-electron chi connectivity index (χ2n) is 6.01. The van der Waals surface area contributed by atoms with Crippen molar-refractivity contribution in [3.05, 3.63) is 89.2 Å². The van der Waals surface area contributed by atoms with Gasteiger partial charge in [0.25, 0.3) is 0 Å². The van der Waals surface area contributed by atoms with Crippen LogP contribution in [0.4, 0.5) is 0 Å². The molecule has 0 aliphatic heterocycles. The zero-order chi connectivity index (χ0) is 18.9. The standard InChI is InChI=1S/C22H22N2O3/c1-2-26-22(25)20-15-14-19(23-24-20)13-12-18-10-6-7-11-21(18)27-16-17-8-4-3-5-9-17/h3-11,14-15H,2,12-13,16H2,1H3. The molecular weight excluding hydrogens is 340 g/mol. The number of esters is 1. The van der Waals surface area contributed by atoms with Crippen LogP contribution >= 0.6 is 0 Å². The molecule has 1 heterocycles. The van der Waals surface area contributed by atoms with Gasteiger partial charge in [-0.3, -0.25) is 0 Å². The molecule has 138 valence electrons. The summed E-state index contributed by atoms with van der Waals surface area (Å²) in [5, 5.41) is 8.08. The van der Waals surface area contributed by atoms with E-state index in [9.17, 15) is 4.79 Å². The first-order valence-electron chi connectivity index (χ1n) is 9.00. The molecule has 0 amide bonds. The average molecular weight is 362 g/mol. The van der Waals surface area contributed by atoms with Gasteiger partial charge in [-0.2, -0.15) is 5.10 Å². The molecule has 3 rings (SSSR count). The molecule has 0 spiro atoms. The molecule has 3 aromatic rings. The lowest BCUT2D eigenvalue weighted by atomic mass is 10.1. The van der Waals surface area contributed by atoms with Gasteiger partial charge >= 0.3 is 5.97 Å². The number of carbonyl (C=O) groups is 1. The topological polar surface area (TPSA) is 61.3 Å². The van der Waals surface area contributed by atoms with Gasteiger partial charge in [0.2, 0.25) is 0 Å². The van der Waals surface area contributed by atoms with E-state index in [0.717, 1.165) is 29.0 Å². The van der Waals surface area contributed by atoms with Gasteiger partial charge in [0, 0.05) is 0 Å². The lowest BCUT2D eigenvalue weighted by molar-refractivity contribution is 0.0518. The summed E-state index contributed by atoms with van der Waals surface area (Å²) >= 11 is 0. The number of aryl methyl sites for hydroxylation is 2. The van der Waals surface area contributed by atoms with E-state index in [1.807, 2.05) is 54.6 Å². The van der Waals surface area contributed by atoms with Crippen molar-refractivity contribution in [1.82, 2.24) is 10.2 Å². The number of rotatable bonds is 8. The highest BCUT2D eigenvalue weighted by atomic mass is 16.5. The molecule has 0 saturated heterocycles. The van der Waals surface area contributed by atoms with Crippen molar-refractivity contribution in [3.8, 4) is 5.75 Å². The predicted molar refractivity (Wildman–Crippen MR) is 103 cm³/mol. The largest absolute Gasteiger partial charge is 0.489 e. The quantitative estimate of drug-likeness (QED) is 0.567. The molecule has 0 N–H and O–H groups in total. The minimum atomic E-state index is -0.448. The second kappa shape index (κ2) is 9.48. The minimum absolute atomic E-state index is 0.229. The van der Waals surface area contributed by atoms with E-state index < -0.39 is 5.97 Å². The maximum Gasteiger partial charge on any atom is 0.358 e. The number of ether oxygens (including phenoxy) is 2. The first-order chi connectivity index (χ1) is 13.3. The molecule has 0 aliphatic rings. The number of hydrogen-bond donors (Lipinski definition) is 0. The maximum atomic E-state index is 11.6. The van der Waals surface area contributed by atoms with E-state index in [0.29, 0.717) is 19.6 Å². The van der Waals surface area contributed by atoms with Gasteiger partial charge in [0.1, 0.15) is 12.4 Å². The molecule has 5 nitrogen and oxygen atoms in total. The van der Waals surface area contributed by atoms with Gasteiger partial charge < -0.3 is 9.47 Å². The Hall–Kier alpha value is -3.21. The molecule has 0 saturated carbocycles. The summed E-state index contributed by atoms with van der Waals surface area (Å²) in [5.74, 6) is 0.425. The summed E-state index contributed by atoms with van der Waals surface area (Å²) in [6.45, 7) is 2.62. The van der Waals surface area contributed by atoms with E-state index in [1.165, 1.54) is 0 Å². The fraction of sp³-hybridized carbons (Fsp3) is 0.227. The summed E-state index contributed by atoms with van der Waals surface area (Å²) in [6.07, 6.45) is 1.49. The van der Waals surface area contributed by atoms with Crippen molar-refractivity contribution >= 4 is 5.97 Å². The number of hydrogen-bond acceptors (Lipinski definition) is 5. The lowest BCUT2D eigenvalue weighted by Crippen LogP contribution is -2.09. The number of benzene rings is 2. The Kier molecular flexibility index (Phi) is 6.52. The van der Waals surface area contributed by atoms with Gasteiger partial charge in [-0.25, -0.2) is 4.79 Å². The molecule has 1 aromatic heterocycles. The molecule has 0 aliphatic carbocycles. The Morgan fingerprint density at radius 3 is 2.41 bits per heavy atom. The summed E-state index contributed by atoms with van der Waals surface area (Å²) < 4.78 is 10.9. The molecule has 0 bridgehead atoms. The Morgan fingerprint density at radius 2 is 1.67 bits per heavy atom. The van der Waals surface area contributed by atoms with Crippen LogP contribution < -0.4 is 4.74 Å². The molecule has 0 unspecified atom stereocenters. The van der Waals surface area contributed by atoms with Crippen molar-refractivity contribution in [2.75, 3.05) is 6.61 Å². The Labute approximate surface area is 159 Å². The fourth-order valence-electron chi connectivity index (χ4n) is 2.66.